The second kappa shape index (κ2) is 5.31. The van der Waals surface area contributed by atoms with Crippen LogP contribution in [-0.4, -0.2) is 36.6 Å². The van der Waals surface area contributed by atoms with Crippen LogP contribution in [-0.2, 0) is 0 Å². The third-order valence-corrected chi connectivity index (χ3v) is 4.25. The molecule has 0 aromatic carbocycles. The predicted molar refractivity (Wildman–Crippen MR) is 65.1 cm³/mol. The zero-order valence-electron chi connectivity index (χ0n) is 10.3. The van der Waals surface area contributed by atoms with E-state index in [1.165, 1.54) is 51.7 Å². The molecule has 2 fully saturated rings. The van der Waals surface area contributed by atoms with Crippen molar-refractivity contribution in [2.24, 2.45) is 5.92 Å². The predicted octanol–water partition coefficient (Wildman–Crippen LogP) is 2.25. The first kappa shape index (κ1) is 11.4. The maximum atomic E-state index is 3.69. The minimum atomic E-state index is 0.734. The topological polar surface area (TPSA) is 15.3 Å². The molecule has 1 aliphatic heterocycles. The third kappa shape index (κ3) is 3.18. The minimum Gasteiger partial charge on any atom is -0.312 e. The highest BCUT2D eigenvalue weighted by Crippen LogP contribution is 2.20. The van der Waals surface area contributed by atoms with Crippen molar-refractivity contribution in [2.75, 3.05) is 19.6 Å². The average molecular weight is 210 g/mol. The first-order valence-electron chi connectivity index (χ1n) is 6.73. The fraction of sp³-hybridized carbons (Fsp3) is 1.00. The smallest absolute Gasteiger partial charge is 0.0192 e. The molecule has 1 atom stereocenters. The van der Waals surface area contributed by atoms with Crippen molar-refractivity contribution in [1.82, 2.24) is 10.2 Å². The van der Waals surface area contributed by atoms with Gasteiger partial charge in [0, 0.05) is 18.6 Å². The lowest BCUT2D eigenvalue weighted by Crippen LogP contribution is -2.47. The van der Waals surface area contributed by atoms with E-state index in [0.717, 1.165) is 18.0 Å². The Balaban J connectivity index is 1.63. The first-order valence-corrected chi connectivity index (χ1v) is 6.73. The summed E-state index contributed by atoms with van der Waals surface area (Å²) >= 11 is 0. The molecule has 2 rings (SSSR count). The number of piperidine rings is 1. The highest BCUT2D eigenvalue weighted by molar-refractivity contribution is 4.81. The number of hydrogen-bond donors (Lipinski definition) is 1. The van der Waals surface area contributed by atoms with Gasteiger partial charge in [0.05, 0.1) is 0 Å². The molecule has 2 heteroatoms. The Kier molecular flexibility index (Phi) is 4.04. The van der Waals surface area contributed by atoms with Gasteiger partial charge in [0.25, 0.3) is 0 Å². The standard InChI is InChI=1S/C13H26N2/c1-11-6-8-15(9-7-11)12(2)10-14-13-4-3-5-13/h11-14H,3-10H2,1-2H3. The Morgan fingerprint density at radius 1 is 1.20 bits per heavy atom. The van der Waals surface area contributed by atoms with Crippen LogP contribution in [0.15, 0.2) is 0 Å². The molecule has 1 aliphatic carbocycles. The average Bonchev–Trinajstić information content (AvgIpc) is 2.16. The number of rotatable bonds is 4. The van der Waals surface area contributed by atoms with Gasteiger partial charge in [0.15, 0.2) is 0 Å². The van der Waals surface area contributed by atoms with Crippen LogP contribution >= 0.6 is 0 Å². The van der Waals surface area contributed by atoms with Crippen LogP contribution in [0.5, 0.6) is 0 Å². The zero-order chi connectivity index (χ0) is 10.7. The molecule has 0 aromatic heterocycles. The number of nitrogens with zero attached hydrogens (tertiary/aromatic N) is 1. The Morgan fingerprint density at radius 2 is 1.87 bits per heavy atom. The molecule has 1 N–H and O–H groups in total. The molecule has 0 radical (unpaired) electrons. The molecular formula is C13H26N2. The van der Waals surface area contributed by atoms with E-state index in [2.05, 4.69) is 24.1 Å². The van der Waals surface area contributed by atoms with E-state index in [-0.39, 0.29) is 0 Å². The fourth-order valence-corrected chi connectivity index (χ4v) is 2.55. The molecule has 1 unspecified atom stereocenters. The molecule has 15 heavy (non-hydrogen) atoms. The second-order valence-corrected chi connectivity index (χ2v) is 5.60. The summed E-state index contributed by atoms with van der Waals surface area (Å²) < 4.78 is 0. The Morgan fingerprint density at radius 3 is 2.40 bits per heavy atom. The minimum absolute atomic E-state index is 0.734. The van der Waals surface area contributed by atoms with Gasteiger partial charge in [0.2, 0.25) is 0 Å². The molecule has 1 saturated heterocycles. The van der Waals surface area contributed by atoms with E-state index in [1.807, 2.05) is 0 Å². The van der Waals surface area contributed by atoms with E-state index in [4.69, 9.17) is 0 Å². The monoisotopic (exact) mass is 210 g/mol. The first-order chi connectivity index (χ1) is 7.25. The number of likely N-dealkylation sites (tertiary alicyclic amines) is 1. The zero-order valence-corrected chi connectivity index (χ0v) is 10.3. The van der Waals surface area contributed by atoms with Gasteiger partial charge in [-0.25, -0.2) is 0 Å². The molecular weight excluding hydrogens is 184 g/mol. The van der Waals surface area contributed by atoms with Crippen LogP contribution in [0.1, 0.15) is 46.0 Å². The van der Waals surface area contributed by atoms with E-state index < -0.39 is 0 Å². The molecule has 0 aromatic rings. The van der Waals surface area contributed by atoms with E-state index in [9.17, 15) is 0 Å². The summed E-state index contributed by atoms with van der Waals surface area (Å²) in [7, 11) is 0. The highest BCUT2D eigenvalue weighted by atomic mass is 15.2. The molecule has 0 spiro atoms. The van der Waals surface area contributed by atoms with Gasteiger partial charge in [-0.15, -0.1) is 0 Å². The molecule has 0 amide bonds. The van der Waals surface area contributed by atoms with Crippen molar-refractivity contribution < 1.29 is 0 Å². The van der Waals surface area contributed by atoms with Crippen LogP contribution in [0, 0.1) is 5.92 Å². The van der Waals surface area contributed by atoms with E-state index >= 15 is 0 Å². The van der Waals surface area contributed by atoms with Crippen LogP contribution in [0.2, 0.25) is 0 Å². The lowest BCUT2D eigenvalue weighted by Gasteiger charge is -2.36. The van der Waals surface area contributed by atoms with Gasteiger partial charge in [-0.2, -0.15) is 0 Å². The Hall–Kier alpha value is -0.0800. The van der Waals surface area contributed by atoms with Crippen molar-refractivity contribution in [2.45, 2.75) is 58.0 Å². The summed E-state index contributed by atoms with van der Waals surface area (Å²) in [5.41, 5.74) is 0. The summed E-state index contributed by atoms with van der Waals surface area (Å²) in [5.74, 6) is 0.952. The van der Waals surface area contributed by atoms with Crippen LogP contribution < -0.4 is 5.32 Å². The lowest BCUT2D eigenvalue weighted by atomic mass is 9.93. The molecule has 2 nitrogen and oxygen atoms in total. The quantitative estimate of drug-likeness (QED) is 0.765. The van der Waals surface area contributed by atoms with Crippen LogP contribution in [0.3, 0.4) is 0 Å². The van der Waals surface area contributed by atoms with E-state index in [0.29, 0.717) is 0 Å². The Labute approximate surface area is 94.4 Å². The molecule has 2 aliphatic rings. The van der Waals surface area contributed by atoms with Crippen molar-refractivity contribution in [3.05, 3.63) is 0 Å². The maximum absolute atomic E-state index is 3.69. The van der Waals surface area contributed by atoms with E-state index in [1.54, 1.807) is 0 Å². The summed E-state index contributed by atoms with van der Waals surface area (Å²) in [5, 5.41) is 3.69. The van der Waals surface area contributed by atoms with Gasteiger partial charge in [-0.3, -0.25) is 4.90 Å². The van der Waals surface area contributed by atoms with Crippen LogP contribution in [0.25, 0.3) is 0 Å². The van der Waals surface area contributed by atoms with Gasteiger partial charge in [0.1, 0.15) is 0 Å². The summed E-state index contributed by atoms with van der Waals surface area (Å²) in [4.78, 5) is 2.66. The number of hydrogen-bond acceptors (Lipinski definition) is 2. The summed E-state index contributed by atoms with van der Waals surface area (Å²) in [6.07, 6.45) is 7.04. The number of nitrogens with one attached hydrogen (secondary N) is 1. The molecule has 88 valence electrons. The second-order valence-electron chi connectivity index (χ2n) is 5.60. The molecule has 0 bridgehead atoms. The largest absolute Gasteiger partial charge is 0.312 e. The van der Waals surface area contributed by atoms with Gasteiger partial charge >= 0.3 is 0 Å². The lowest BCUT2D eigenvalue weighted by molar-refractivity contribution is 0.139. The molecule has 1 saturated carbocycles. The van der Waals surface area contributed by atoms with Crippen molar-refractivity contribution >= 4 is 0 Å². The highest BCUT2D eigenvalue weighted by Gasteiger charge is 2.22. The Bertz CT molecular complexity index is 181. The van der Waals surface area contributed by atoms with Gasteiger partial charge < -0.3 is 5.32 Å². The van der Waals surface area contributed by atoms with Gasteiger partial charge in [-0.1, -0.05) is 13.3 Å². The van der Waals surface area contributed by atoms with Gasteiger partial charge in [-0.05, 0) is 51.6 Å². The summed E-state index contributed by atoms with van der Waals surface area (Å²) in [6, 6.07) is 1.58. The maximum Gasteiger partial charge on any atom is 0.0192 e. The normalized spacial score (nSPS) is 27.6. The third-order valence-electron chi connectivity index (χ3n) is 4.25. The van der Waals surface area contributed by atoms with Crippen LogP contribution in [0.4, 0.5) is 0 Å². The van der Waals surface area contributed by atoms with Crippen molar-refractivity contribution in [3.8, 4) is 0 Å². The molecule has 1 heterocycles. The summed E-state index contributed by atoms with van der Waals surface area (Å²) in [6.45, 7) is 8.58. The fourth-order valence-electron chi connectivity index (χ4n) is 2.55. The van der Waals surface area contributed by atoms with Crippen molar-refractivity contribution in [3.63, 3.8) is 0 Å². The SMILES string of the molecule is CC1CCN(C(C)CNC2CCC2)CC1. The van der Waals surface area contributed by atoms with Crippen molar-refractivity contribution in [1.29, 1.82) is 0 Å².